The first-order valence-electron chi connectivity index (χ1n) is 8.46. The van der Waals surface area contributed by atoms with E-state index in [0.29, 0.717) is 0 Å². The number of amides is 1. The first-order valence-corrected chi connectivity index (χ1v) is 10.3. The topological polar surface area (TPSA) is 33.2 Å². The Labute approximate surface area is 163 Å². The zero-order valence-electron chi connectivity index (χ0n) is 15.4. The summed E-state index contributed by atoms with van der Waals surface area (Å²) in [6.45, 7) is 7.75. The number of hydrogen-bond acceptors (Lipinski definition) is 4. The summed E-state index contributed by atoms with van der Waals surface area (Å²) < 4.78 is 0. The van der Waals surface area contributed by atoms with Crippen molar-refractivity contribution in [3.8, 4) is 0 Å². The lowest BCUT2D eigenvalue weighted by Gasteiger charge is -2.20. The van der Waals surface area contributed by atoms with Crippen molar-refractivity contribution in [2.75, 3.05) is 4.90 Å². The van der Waals surface area contributed by atoms with Gasteiger partial charge in [0.1, 0.15) is 0 Å². The lowest BCUT2D eigenvalue weighted by Crippen LogP contribution is -2.23. The second-order valence-corrected chi connectivity index (χ2v) is 8.25. The van der Waals surface area contributed by atoms with E-state index in [1.807, 2.05) is 24.4 Å². The van der Waals surface area contributed by atoms with Crippen LogP contribution in [-0.4, -0.2) is 10.9 Å². The van der Waals surface area contributed by atoms with Crippen LogP contribution in [0.2, 0.25) is 0 Å². The van der Waals surface area contributed by atoms with Crippen LogP contribution in [-0.2, 0) is 10.5 Å². The molecule has 0 fully saturated rings. The van der Waals surface area contributed by atoms with E-state index in [1.54, 1.807) is 23.6 Å². The van der Waals surface area contributed by atoms with Crippen molar-refractivity contribution in [1.29, 1.82) is 0 Å². The maximum Gasteiger partial charge on any atom is 0.230 e. The van der Waals surface area contributed by atoms with Crippen LogP contribution in [0.4, 0.5) is 10.8 Å². The van der Waals surface area contributed by atoms with Crippen LogP contribution in [0.1, 0.15) is 29.3 Å². The fraction of sp³-hybridized carbons (Fsp3) is 0.238. The van der Waals surface area contributed by atoms with Gasteiger partial charge in [-0.2, -0.15) is 0 Å². The Kier molecular flexibility index (Phi) is 5.79. The van der Waals surface area contributed by atoms with E-state index in [4.69, 9.17) is 4.98 Å². The molecule has 26 heavy (non-hydrogen) atoms. The average Bonchev–Trinajstić information content (AvgIpc) is 3.05. The molecule has 0 atom stereocenters. The van der Waals surface area contributed by atoms with Gasteiger partial charge >= 0.3 is 0 Å². The Morgan fingerprint density at radius 1 is 1.08 bits per heavy atom. The second kappa shape index (κ2) is 8.06. The SMILES string of the molecule is CC(=O)N(c1nc(CSc2ccc(C)cc2)cs1)c1ccc(C)cc1C. The van der Waals surface area contributed by atoms with E-state index in [-0.39, 0.29) is 5.91 Å². The Hall–Kier alpha value is -2.11. The maximum atomic E-state index is 12.3. The van der Waals surface area contributed by atoms with Gasteiger partial charge in [-0.25, -0.2) is 4.98 Å². The number of thioether (sulfide) groups is 1. The molecule has 134 valence electrons. The fourth-order valence-electron chi connectivity index (χ4n) is 2.72. The number of carbonyl (C=O) groups excluding carboxylic acids is 1. The third-order valence-corrected chi connectivity index (χ3v) is 5.97. The van der Waals surface area contributed by atoms with Crippen LogP contribution < -0.4 is 4.90 Å². The van der Waals surface area contributed by atoms with E-state index >= 15 is 0 Å². The number of aryl methyl sites for hydroxylation is 3. The van der Waals surface area contributed by atoms with Gasteiger partial charge in [-0.1, -0.05) is 35.4 Å². The van der Waals surface area contributed by atoms with Crippen LogP contribution in [0, 0.1) is 20.8 Å². The Morgan fingerprint density at radius 2 is 1.77 bits per heavy atom. The molecule has 0 aliphatic rings. The Bertz CT molecular complexity index is 916. The molecule has 2 aromatic carbocycles. The van der Waals surface area contributed by atoms with Gasteiger partial charge < -0.3 is 0 Å². The molecule has 0 N–H and O–H groups in total. The molecule has 0 aliphatic heterocycles. The standard InChI is InChI=1S/C21H22N2OS2/c1-14-5-8-19(9-6-14)25-12-18-13-26-21(22-18)23(17(4)24)20-10-7-15(2)11-16(20)3/h5-11,13H,12H2,1-4H3. The number of nitrogens with zero attached hydrogens (tertiary/aromatic N) is 2. The third-order valence-electron chi connectivity index (χ3n) is 4.05. The van der Waals surface area contributed by atoms with Gasteiger partial charge in [0, 0.05) is 23.0 Å². The highest BCUT2D eigenvalue weighted by Crippen LogP contribution is 2.33. The number of rotatable bonds is 5. The zero-order valence-corrected chi connectivity index (χ0v) is 17.1. The molecule has 3 aromatic rings. The van der Waals surface area contributed by atoms with Crippen molar-refractivity contribution in [3.05, 3.63) is 70.2 Å². The largest absolute Gasteiger partial charge is 0.274 e. The molecular weight excluding hydrogens is 360 g/mol. The number of carbonyl (C=O) groups is 1. The summed E-state index contributed by atoms with van der Waals surface area (Å²) in [5.74, 6) is 0.766. The smallest absolute Gasteiger partial charge is 0.230 e. The molecule has 0 radical (unpaired) electrons. The monoisotopic (exact) mass is 382 g/mol. The predicted octanol–water partition coefficient (Wildman–Crippen LogP) is 6.05. The first-order chi connectivity index (χ1) is 12.4. The van der Waals surface area contributed by atoms with Crippen molar-refractivity contribution < 1.29 is 4.79 Å². The zero-order chi connectivity index (χ0) is 18.7. The highest BCUT2D eigenvalue weighted by molar-refractivity contribution is 7.98. The fourth-order valence-corrected chi connectivity index (χ4v) is 4.50. The molecule has 1 heterocycles. The molecule has 0 aliphatic carbocycles. The highest BCUT2D eigenvalue weighted by atomic mass is 32.2. The summed E-state index contributed by atoms with van der Waals surface area (Å²) in [7, 11) is 0. The van der Waals surface area contributed by atoms with Crippen LogP contribution in [0.5, 0.6) is 0 Å². The summed E-state index contributed by atoms with van der Waals surface area (Å²) in [5, 5.41) is 2.76. The van der Waals surface area contributed by atoms with Gasteiger partial charge in [0.2, 0.25) is 5.91 Å². The lowest BCUT2D eigenvalue weighted by atomic mass is 10.1. The van der Waals surface area contributed by atoms with Crippen molar-refractivity contribution >= 4 is 39.8 Å². The summed E-state index contributed by atoms with van der Waals surface area (Å²) >= 11 is 3.27. The summed E-state index contributed by atoms with van der Waals surface area (Å²) in [6, 6.07) is 14.6. The van der Waals surface area contributed by atoms with Gasteiger partial charge in [0.25, 0.3) is 0 Å². The number of benzene rings is 2. The van der Waals surface area contributed by atoms with Crippen molar-refractivity contribution in [2.45, 2.75) is 38.3 Å². The lowest BCUT2D eigenvalue weighted by molar-refractivity contribution is -0.115. The number of thiazole rings is 1. The van der Waals surface area contributed by atoms with Crippen molar-refractivity contribution in [1.82, 2.24) is 4.98 Å². The number of anilines is 2. The van der Waals surface area contributed by atoms with Crippen molar-refractivity contribution in [2.24, 2.45) is 0 Å². The minimum Gasteiger partial charge on any atom is -0.274 e. The molecule has 3 nitrogen and oxygen atoms in total. The predicted molar refractivity (Wildman–Crippen MR) is 112 cm³/mol. The van der Waals surface area contributed by atoms with Crippen molar-refractivity contribution in [3.63, 3.8) is 0 Å². The van der Waals surface area contributed by atoms with E-state index < -0.39 is 0 Å². The molecule has 1 aromatic heterocycles. The summed E-state index contributed by atoms with van der Waals surface area (Å²) in [5.41, 5.74) is 5.41. The first kappa shape index (κ1) is 18.7. The van der Waals surface area contributed by atoms with Crippen LogP contribution in [0.25, 0.3) is 0 Å². The molecule has 0 saturated carbocycles. The van der Waals surface area contributed by atoms with Gasteiger partial charge in [-0.3, -0.25) is 9.69 Å². The minimum absolute atomic E-state index is 0.0240. The number of hydrogen-bond donors (Lipinski definition) is 0. The van der Waals surface area contributed by atoms with Crippen LogP contribution in [0.15, 0.2) is 52.7 Å². The average molecular weight is 383 g/mol. The van der Waals surface area contributed by atoms with E-state index in [9.17, 15) is 4.79 Å². The Morgan fingerprint density at radius 3 is 2.42 bits per heavy atom. The molecule has 0 spiro atoms. The summed E-state index contributed by atoms with van der Waals surface area (Å²) in [4.78, 5) is 19.9. The van der Waals surface area contributed by atoms with Crippen LogP contribution >= 0.6 is 23.1 Å². The summed E-state index contributed by atoms with van der Waals surface area (Å²) in [6.07, 6.45) is 0. The second-order valence-electron chi connectivity index (χ2n) is 6.37. The number of aromatic nitrogens is 1. The minimum atomic E-state index is -0.0240. The van der Waals surface area contributed by atoms with Gasteiger partial charge in [-0.05, 0) is 44.5 Å². The maximum absolute atomic E-state index is 12.3. The van der Waals surface area contributed by atoms with Crippen LogP contribution in [0.3, 0.4) is 0 Å². The molecule has 0 bridgehead atoms. The molecule has 1 amide bonds. The van der Waals surface area contributed by atoms with Gasteiger partial charge in [0.15, 0.2) is 5.13 Å². The molecule has 3 rings (SSSR count). The van der Waals surface area contributed by atoms with E-state index in [1.165, 1.54) is 27.4 Å². The van der Waals surface area contributed by atoms with E-state index in [2.05, 4.69) is 44.2 Å². The normalized spacial score (nSPS) is 10.8. The van der Waals surface area contributed by atoms with Gasteiger partial charge in [-0.15, -0.1) is 23.1 Å². The third kappa shape index (κ3) is 4.34. The van der Waals surface area contributed by atoms with Gasteiger partial charge in [0.05, 0.1) is 11.4 Å². The molecule has 0 saturated heterocycles. The molecule has 5 heteroatoms. The van der Waals surface area contributed by atoms with E-state index in [0.717, 1.165) is 27.8 Å². The Balaban J connectivity index is 1.79. The highest BCUT2D eigenvalue weighted by Gasteiger charge is 2.19. The molecule has 0 unspecified atom stereocenters. The molecular formula is C21H22N2OS2. The quantitative estimate of drug-likeness (QED) is 0.504.